The molecule has 7 nitrogen and oxygen atoms in total. The van der Waals surface area contributed by atoms with Crippen molar-refractivity contribution in [3.05, 3.63) is 92.8 Å². The standard InChI is InChI=1S/C22H19BrFN5O2/c23-17-5-1-16(2-6-17)13-28-14-26-21-19(22(28)31)12-27-29(21)10-9-25-20(30)11-15-3-7-18(24)8-4-15/h1-8,12,14H,9-11,13H2,(H,25,30). The summed E-state index contributed by atoms with van der Waals surface area (Å²) in [5, 5.41) is 7.48. The molecule has 0 spiro atoms. The van der Waals surface area contributed by atoms with Crippen LogP contribution in [-0.4, -0.2) is 31.8 Å². The predicted molar refractivity (Wildman–Crippen MR) is 118 cm³/mol. The second-order valence-corrected chi connectivity index (χ2v) is 7.98. The number of hydrogen-bond donors (Lipinski definition) is 1. The van der Waals surface area contributed by atoms with Crippen LogP contribution in [0.1, 0.15) is 11.1 Å². The number of carbonyl (C=O) groups is 1. The number of fused-ring (bicyclic) bond motifs is 1. The minimum absolute atomic E-state index is 0.166. The molecule has 2 aromatic heterocycles. The second-order valence-electron chi connectivity index (χ2n) is 7.06. The van der Waals surface area contributed by atoms with E-state index in [1.807, 2.05) is 24.3 Å². The summed E-state index contributed by atoms with van der Waals surface area (Å²) in [6, 6.07) is 13.6. The fourth-order valence-corrected chi connectivity index (χ4v) is 3.48. The number of nitrogens with one attached hydrogen (secondary N) is 1. The Morgan fingerprint density at radius 2 is 1.77 bits per heavy atom. The largest absolute Gasteiger partial charge is 0.354 e. The van der Waals surface area contributed by atoms with Gasteiger partial charge in [-0.3, -0.25) is 14.2 Å². The van der Waals surface area contributed by atoms with Gasteiger partial charge in [0.25, 0.3) is 5.56 Å². The highest BCUT2D eigenvalue weighted by molar-refractivity contribution is 9.10. The van der Waals surface area contributed by atoms with Gasteiger partial charge in [-0.25, -0.2) is 14.1 Å². The van der Waals surface area contributed by atoms with Crippen molar-refractivity contribution in [3.8, 4) is 0 Å². The molecule has 0 saturated carbocycles. The average Bonchev–Trinajstić information content (AvgIpc) is 3.17. The Labute approximate surface area is 185 Å². The first-order chi connectivity index (χ1) is 15.0. The van der Waals surface area contributed by atoms with Gasteiger partial charge in [0, 0.05) is 11.0 Å². The summed E-state index contributed by atoms with van der Waals surface area (Å²) in [6.07, 6.45) is 3.18. The van der Waals surface area contributed by atoms with Gasteiger partial charge < -0.3 is 5.32 Å². The molecule has 158 valence electrons. The van der Waals surface area contributed by atoms with Crippen LogP contribution in [-0.2, 0) is 24.3 Å². The Bertz CT molecular complexity index is 1270. The van der Waals surface area contributed by atoms with Crippen LogP contribution in [0.25, 0.3) is 11.0 Å². The third-order valence-corrected chi connectivity index (χ3v) is 5.34. The van der Waals surface area contributed by atoms with Crippen LogP contribution in [0.3, 0.4) is 0 Å². The van der Waals surface area contributed by atoms with E-state index in [1.165, 1.54) is 24.7 Å². The van der Waals surface area contributed by atoms with Crippen molar-refractivity contribution in [2.45, 2.75) is 19.5 Å². The van der Waals surface area contributed by atoms with Crippen molar-refractivity contribution in [2.75, 3.05) is 6.54 Å². The van der Waals surface area contributed by atoms with Crippen LogP contribution in [0.2, 0.25) is 0 Å². The van der Waals surface area contributed by atoms with E-state index in [0.717, 1.165) is 15.6 Å². The van der Waals surface area contributed by atoms with Gasteiger partial charge in [0.15, 0.2) is 5.65 Å². The Morgan fingerprint density at radius 1 is 1.06 bits per heavy atom. The fourth-order valence-electron chi connectivity index (χ4n) is 3.21. The van der Waals surface area contributed by atoms with Crippen LogP contribution >= 0.6 is 15.9 Å². The van der Waals surface area contributed by atoms with Crippen LogP contribution in [0, 0.1) is 5.82 Å². The van der Waals surface area contributed by atoms with E-state index in [2.05, 4.69) is 31.3 Å². The second kappa shape index (κ2) is 9.22. The first-order valence-electron chi connectivity index (χ1n) is 9.66. The van der Waals surface area contributed by atoms with Gasteiger partial charge in [0.1, 0.15) is 17.5 Å². The first-order valence-corrected chi connectivity index (χ1v) is 10.5. The third-order valence-electron chi connectivity index (χ3n) is 4.81. The monoisotopic (exact) mass is 483 g/mol. The maximum atomic E-state index is 12.9. The summed E-state index contributed by atoms with van der Waals surface area (Å²) in [5.41, 5.74) is 2.03. The molecule has 1 amide bonds. The highest BCUT2D eigenvalue weighted by Gasteiger charge is 2.11. The number of halogens is 2. The zero-order valence-electron chi connectivity index (χ0n) is 16.5. The number of rotatable bonds is 7. The number of aromatic nitrogens is 4. The smallest absolute Gasteiger partial charge is 0.264 e. The van der Waals surface area contributed by atoms with Crippen molar-refractivity contribution in [1.82, 2.24) is 24.6 Å². The predicted octanol–water partition coefficient (Wildman–Crippen LogP) is 2.90. The van der Waals surface area contributed by atoms with E-state index in [9.17, 15) is 14.0 Å². The van der Waals surface area contributed by atoms with E-state index in [1.54, 1.807) is 21.4 Å². The first kappa shape index (κ1) is 20.9. The summed E-state index contributed by atoms with van der Waals surface area (Å²) in [7, 11) is 0. The molecule has 0 aliphatic carbocycles. The molecular weight excluding hydrogens is 465 g/mol. The van der Waals surface area contributed by atoms with Gasteiger partial charge in [-0.1, -0.05) is 40.2 Å². The Morgan fingerprint density at radius 3 is 2.52 bits per heavy atom. The SMILES string of the molecule is O=C(Cc1ccc(F)cc1)NCCn1ncc2c(=O)n(Cc3ccc(Br)cc3)cnc21. The number of benzene rings is 2. The summed E-state index contributed by atoms with van der Waals surface area (Å²) >= 11 is 3.40. The van der Waals surface area contributed by atoms with Gasteiger partial charge in [0.05, 0.1) is 25.7 Å². The Kier molecular flexibility index (Phi) is 6.22. The van der Waals surface area contributed by atoms with Gasteiger partial charge in [0.2, 0.25) is 5.91 Å². The minimum Gasteiger partial charge on any atom is -0.354 e. The van der Waals surface area contributed by atoms with E-state index >= 15 is 0 Å². The zero-order valence-corrected chi connectivity index (χ0v) is 18.0. The number of hydrogen-bond acceptors (Lipinski definition) is 4. The zero-order chi connectivity index (χ0) is 21.8. The summed E-state index contributed by atoms with van der Waals surface area (Å²) in [5.74, 6) is -0.508. The van der Waals surface area contributed by atoms with Crippen LogP contribution in [0.4, 0.5) is 4.39 Å². The lowest BCUT2D eigenvalue weighted by molar-refractivity contribution is -0.120. The van der Waals surface area contributed by atoms with Crippen molar-refractivity contribution < 1.29 is 9.18 Å². The molecule has 0 unspecified atom stereocenters. The maximum Gasteiger partial charge on any atom is 0.264 e. The lowest BCUT2D eigenvalue weighted by atomic mass is 10.1. The Hall–Kier alpha value is -3.33. The summed E-state index contributed by atoms with van der Waals surface area (Å²) < 4.78 is 17.1. The van der Waals surface area contributed by atoms with E-state index < -0.39 is 0 Å². The van der Waals surface area contributed by atoms with Gasteiger partial charge >= 0.3 is 0 Å². The number of carbonyl (C=O) groups excluding carboxylic acids is 1. The van der Waals surface area contributed by atoms with Crippen molar-refractivity contribution in [1.29, 1.82) is 0 Å². The van der Waals surface area contributed by atoms with Crippen LogP contribution in [0.5, 0.6) is 0 Å². The molecule has 4 rings (SSSR count). The molecule has 2 aromatic carbocycles. The molecule has 0 bridgehead atoms. The molecule has 0 fully saturated rings. The third kappa shape index (κ3) is 5.05. The lowest BCUT2D eigenvalue weighted by Crippen LogP contribution is -2.29. The van der Waals surface area contributed by atoms with Crippen molar-refractivity contribution in [3.63, 3.8) is 0 Å². The summed E-state index contributed by atoms with van der Waals surface area (Å²) in [6.45, 7) is 1.13. The molecule has 31 heavy (non-hydrogen) atoms. The minimum atomic E-state index is -0.335. The average molecular weight is 484 g/mol. The van der Waals surface area contributed by atoms with Crippen LogP contribution in [0.15, 0.2) is 70.3 Å². The highest BCUT2D eigenvalue weighted by atomic mass is 79.9. The Balaban J connectivity index is 1.39. The topological polar surface area (TPSA) is 81.8 Å². The van der Waals surface area contributed by atoms with Crippen LogP contribution < -0.4 is 10.9 Å². The normalized spacial score (nSPS) is 11.0. The quantitative estimate of drug-likeness (QED) is 0.438. The molecule has 4 aromatic rings. The molecule has 0 aliphatic heterocycles. The number of nitrogens with zero attached hydrogens (tertiary/aromatic N) is 4. The molecule has 0 saturated heterocycles. The van der Waals surface area contributed by atoms with Gasteiger partial charge in [-0.2, -0.15) is 5.10 Å². The van der Waals surface area contributed by atoms with Gasteiger partial charge in [-0.15, -0.1) is 0 Å². The number of amides is 1. The highest BCUT2D eigenvalue weighted by Crippen LogP contribution is 2.12. The molecule has 0 atom stereocenters. The molecular formula is C22H19BrFN5O2. The lowest BCUT2D eigenvalue weighted by Gasteiger charge is -2.08. The van der Waals surface area contributed by atoms with Crippen molar-refractivity contribution in [2.24, 2.45) is 0 Å². The molecule has 2 heterocycles. The molecule has 0 radical (unpaired) electrons. The van der Waals surface area contributed by atoms with Gasteiger partial charge in [-0.05, 0) is 35.4 Å². The fraction of sp³-hybridized carbons (Fsp3) is 0.182. The van der Waals surface area contributed by atoms with E-state index in [4.69, 9.17) is 0 Å². The maximum absolute atomic E-state index is 12.9. The molecule has 9 heteroatoms. The summed E-state index contributed by atoms with van der Waals surface area (Å²) in [4.78, 5) is 29.3. The van der Waals surface area contributed by atoms with Crippen molar-refractivity contribution >= 4 is 32.9 Å². The van der Waals surface area contributed by atoms with E-state index in [0.29, 0.717) is 30.7 Å². The molecule has 0 aliphatic rings. The van der Waals surface area contributed by atoms with E-state index in [-0.39, 0.29) is 23.7 Å². The molecule has 1 N–H and O–H groups in total.